The lowest BCUT2D eigenvalue weighted by Gasteiger charge is -2.26. The fourth-order valence-corrected chi connectivity index (χ4v) is 6.74. The molecule has 6 nitrogen and oxygen atoms in total. The van der Waals surface area contributed by atoms with Gasteiger partial charge in [0.05, 0.1) is 24.5 Å². The summed E-state index contributed by atoms with van der Waals surface area (Å²) in [5.41, 5.74) is 0.914. The smallest absolute Gasteiger partial charge is 0.313 e. The number of hydrogen-bond donors (Lipinski definition) is 0. The Bertz CT molecular complexity index is 952. The fourth-order valence-electron chi connectivity index (χ4n) is 5.70. The van der Waals surface area contributed by atoms with Gasteiger partial charge in [-0.1, -0.05) is 6.42 Å². The van der Waals surface area contributed by atoms with E-state index < -0.39 is 0 Å². The average Bonchev–Trinajstić information content (AvgIpc) is 3.46. The molecule has 2 aromatic heterocycles. The zero-order valence-electron chi connectivity index (χ0n) is 17.7. The first-order valence-electron chi connectivity index (χ1n) is 10.8. The van der Waals surface area contributed by atoms with Crippen LogP contribution in [0.3, 0.4) is 0 Å². The number of thiophene rings is 1. The number of carbonyl (C=O) groups is 1. The number of aryl methyl sites for hydroxylation is 2. The Hall–Kier alpha value is -1.73. The van der Waals surface area contributed by atoms with Gasteiger partial charge in [-0.05, 0) is 64.1 Å². The van der Waals surface area contributed by atoms with Gasteiger partial charge in [-0.3, -0.25) is 9.69 Å². The lowest BCUT2D eigenvalue weighted by atomic mass is 9.81. The maximum atomic E-state index is 12.7. The summed E-state index contributed by atoms with van der Waals surface area (Å²) in [7, 11) is 1.53. The van der Waals surface area contributed by atoms with Crippen LogP contribution < -0.4 is 4.90 Å². The van der Waals surface area contributed by atoms with Crippen LogP contribution in [0.2, 0.25) is 0 Å². The third kappa shape index (κ3) is 3.05. The highest BCUT2D eigenvalue weighted by Crippen LogP contribution is 2.51. The first-order chi connectivity index (χ1) is 14.0. The number of nitrogens with zero attached hydrogens (tertiary/aromatic N) is 4. The number of fused-ring (bicyclic) bond motifs is 2. The average molecular weight is 415 g/mol. The summed E-state index contributed by atoms with van der Waals surface area (Å²) in [6, 6.07) is 0. The Labute approximate surface area is 176 Å². The van der Waals surface area contributed by atoms with Crippen molar-refractivity contribution >= 4 is 33.3 Å². The van der Waals surface area contributed by atoms with E-state index in [1.54, 1.807) is 11.3 Å². The standard InChI is InChI=1S/C22H30N4O2S/c1-14-15(2)29-20-18(14)19(23-17(24-20)12-25-9-4-5-10-25)26-11-16-7-6-8-22(16,13-26)21(27)28-3/h16H,4-13H2,1-3H3. The van der Waals surface area contributed by atoms with Crippen molar-refractivity contribution in [2.24, 2.45) is 11.3 Å². The summed E-state index contributed by atoms with van der Waals surface area (Å²) in [6.07, 6.45) is 5.67. The number of hydrogen-bond acceptors (Lipinski definition) is 7. The van der Waals surface area contributed by atoms with Crippen molar-refractivity contribution in [3.8, 4) is 0 Å². The highest BCUT2D eigenvalue weighted by atomic mass is 32.1. The first-order valence-corrected chi connectivity index (χ1v) is 11.7. The van der Waals surface area contributed by atoms with Gasteiger partial charge >= 0.3 is 5.97 Å². The number of rotatable bonds is 4. The van der Waals surface area contributed by atoms with Crippen molar-refractivity contribution in [1.29, 1.82) is 0 Å². The van der Waals surface area contributed by atoms with E-state index in [4.69, 9.17) is 14.7 Å². The lowest BCUT2D eigenvalue weighted by molar-refractivity contribution is -0.152. The van der Waals surface area contributed by atoms with Crippen LogP contribution in [0.4, 0.5) is 5.82 Å². The summed E-state index contributed by atoms with van der Waals surface area (Å²) >= 11 is 1.77. The van der Waals surface area contributed by atoms with E-state index in [2.05, 4.69) is 23.6 Å². The predicted octanol–water partition coefficient (Wildman–Crippen LogP) is 3.68. The van der Waals surface area contributed by atoms with Gasteiger partial charge in [-0.25, -0.2) is 9.97 Å². The molecular formula is C22H30N4O2S. The second-order valence-electron chi connectivity index (χ2n) is 9.03. The van der Waals surface area contributed by atoms with E-state index >= 15 is 0 Å². The molecule has 156 valence electrons. The van der Waals surface area contributed by atoms with Crippen LogP contribution in [0, 0.1) is 25.2 Å². The van der Waals surface area contributed by atoms with Gasteiger partial charge in [0, 0.05) is 18.0 Å². The largest absolute Gasteiger partial charge is 0.469 e. The summed E-state index contributed by atoms with van der Waals surface area (Å²) in [5, 5.41) is 1.18. The van der Waals surface area contributed by atoms with Crippen LogP contribution >= 0.6 is 11.3 Å². The molecule has 0 radical (unpaired) electrons. The highest BCUT2D eigenvalue weighted by Gasteiger charge is 2.56. The molecule has 0 N–H and O–H groups in total. The Morgan fingerprint density at radius 1 is 1.24 bits per heavy atom. The predicted molar refractivity (Wildman–Crippen MR) is 115 cm³/mol. The Morgan fingerprint density at radius 2 is 2.03 bits per heavy atom. The molecular weight excluding hydrogens is 384 g/mol. The summed E-state index contributed by atoms with van der Waals surface area (Å²) in [4.78, 5) is 30.0. The molecule has 1 aliphatic carbocycles. The second-order valence-corrected chi connectivity index (χ2v) is 10.2. The minimum Gasteiger partial charge on any atom is -0.469 e. The molecule has 3 aliphatic rings. The fraction of sp³-hybridized carbons (Fsp3) is 0.682. The van der Waals surface area contributed by atoms with Gasteiger partial charge in [-0.15, -0.1) is 11.3 Å². The number of aromatic nitrogens is 2. The summed E-state index contributed by atoms with van der Waals surface area (Å²) < 4.78 is 5.25. The summed E-state index contributed by atoms with van der Waals surface area (Å²) in [5.74, 6) is 2.27. The molecule has 7 heteroatoms. The Balaban J connectivity index is 1.55. The first kappa shape index (κ1) is 19.2. The van der Waals surface area contributed by atoms with E-state index in [0.717, 1.165) is 61.9 Å². The molecule has 29 heavy (non-hydrogen) atoms. The van der Waals surface area contributed by atoms with Gasteiger partial charge in [0.15, 0.2) is 0 Å². The van der Waals surface area contributed by atoms with Crippen molar-refractivity contribution in [2.75, 3.05) is 38.2 Å². The SMILES string of the molecule is COC(=O)C12CCCC1CN(c1nc(CN3CCCC3)nc3sc(C)c(C)c13)C2. The van der Waals surface area contributed by atoms with Gasteiger partial charge in [0.2, 0.25) is 0 Å². The van der Waals surface area contributed by atoms with Crippen molar-refractivity contribution in [2.45, 2.75) is 52.5 Å². The number of methoxy groups -OCH3 is 1. The number of carbonyl (C=O) groups excluding carboxylic acids is 1. The van der Waals surface area contributed by atoms with E-state index in [9.17, 15) is 4.79 Å². The molecule has 0 amide bonds. The van der Waals surface area contributed by atoms with Crippen LogP contribution in [0.5, 0.6) is 0 Å². The molecule has 3 fully saturated rings. The minimum absolute atomic E-state index is 0.0386. The molecule has 2 aliphatic heterocycles. The molecule has 2 aromatic rings. The lowest BCUT2D eigenvalue weighted by Crippen LogP contribution is -2.37. The minimum atomic E-state index is -0.361. The number of likely N-dealkylation sites (tertiary alicyclic amines) is 1. The van der Waals surface area contributed by atoms with Crippen LogP contribution in [0.25, 0.3) is 10.2 Å². The van der Waals surface area contributed by atoms with Crippen molar-refractivity contribution in [3.63, 3.8) is 0 Å². The van der Waals surface area contributed by atoms with Gasteiger partial charge in [0.1, 0.15) is 16.5 Å². The van der Waals surface area contributed by atoms with Crippen LogP contribution in [0.15, 0.2) is 0 Å². The molecule has 0 spiro atoms. The topological polar surface area (TPSA) is 58.6 Å². The molecule has 5 rings (SSSR count). The third-order valence-corrected chi connectivity index (χ3v) is 8.48. The van der Waals surface area contributed by atoms with Crippen LogP contribution in [-0.2, 0) is 16.1 Å². The Kier molecular flexibility index (Phi) is 4.78. The van der Waals surface area contributed by atoms with E-state index in [1.807, 2.05) is 0 Å². The van der Waals surface area contributed by atoms with Gasteiger partial charge < -0.3 is 9.64 Å². The van der Waals surface area contributed by atoms with Crippen molar-refractivity contribution in [1.82, 2.24) is 14.9 Å². The maximum Gasteiger partial charge on any atom is 0.313 e. The number of ether oxygens (including phenoxy) is 1. The highest BCUT2D eigenvalue weighted by molar-refractivity contribution is 7.18. The van der Waals surface area contributed by atoms with Gasteiger partial charge in [-0.2, -0.15) is 0 Å². The van der Waals surface area contributed by atoms with Crippen molar-refractivity contribution < 1.29 is 9.53 Å². The Morgan fingerprint density at radius 3 is 2.79 bits per heavy atom. The molecule has 2 atom stereocenters. The van der Waals surface area contributed by atoms with Crippen molar-refractivity contribution in [3.05, 3.63) is 16.3 Å². The number of esters is 1. The van der Waals surface area contributed by atoms with Crippen LogP contribution in [-0.4, -0.2) is 54.1 Å². The second kappa shape index (κ2) is 7.20. The molecule has 0 bridgehead atoms. The zero-order chi connectivity index (χ0) is 20.2. The molecule has 2 saturated heterocycles. The monoisotopic (exact) mass is 414 g/mol. The normalized spacial score (nSPS) is 27.1. The molecule has 1 saturated carbocycles. The third-order valence-electron chi connectivity index (χ3n) is 7.38. The quantitative estimate of drug-likeness (QED) is 0.712. The summed E-state index contributed by atoms with van der Waals surface area (Å²) in [6.45, 7) is 9.03. The molecule has 0 aromatic carbocycles. The maximum absolute atomic E-state index is 12.7. The molecule has 2 unspecified atom stereocenters. The van der Waals surface area contributed by atoms with Crippen LogP contribution in [0.1, 0.15) is 48.4 Å². The van der Waals surface area contributed by atoms with E-state index in [-0.39, 0.29) is 11.4 Å². The van der Waals surface area contributed by atoms with Gasteiger partial charge in [0.25, 0.3) is 0 Å². The number of anilines is 1. The van der Waals surface area contributed by atoms with E-state index in [1.165, 1.54) is 35.8 Å². The van der Waals surface area contributed by atoms with E-state index in [0.29, 0.717) is 12.5 Å². The zero-order valence-corrected chi connectivity index (χ0v) is 18.5. The molecule has 4 heterocycles.